The van der Waals surface area contributed by atoms with Gasteiger partial charge in [-0.25, -0.2) is 24.5 Å². The second kappa shape index (κ2) is 9.63. The maximum atomic E-state index is 13.3. The third-order valence-corrected chi connectivity index (χ3v) is 5.80. The molecule has 11 nitrogen and oxygen atoms in total. The minimum Gasteiger partial charge on any atom is -0.402 e. The summed E-state index contributed by atoms with van der Waals surface area (Å²) in [5, 5.41) is 7.10. The van der Waals surface area contributed by atoms with Gasteiger partial charge in [0.15, 0.2) is 11.6 Å². The van der Waals surface area contributed by atoms with E-state index in [9.17, 15) is 18.0 Å². The zero-order chi connectivity index (χ0) is 27.9. The first-order valence-corrected chi connectivity index (χ1v) is 11.4. The molecule has 3 N–H and O–H groups in total. The fourth-order valence-electron chi connectivity index (χ4n) is 4.09. The van der Waals surface area contributed by atoms with Crippen LogP contribution < -0.4 is 15.8 Å². The maximum Gasteiger partial charge on any atom is 0.573 e. The molecular formula is C25H20F3N9O2. The summed E-state index contributed by atoms with van der Waals surface area (Å²) in [5.74, 6) is -0.713. The number of anilines is 2. The zero-order valence-corrected chi connectivity index (χ0v) is 20.8. The molecule has 39 heavy (non-hydrogen) atoms. The highest BCUT2D eigenvalue weighted by molar-refractivity contribution is 6.09. The van der Waals surface area contributed by atoms with Gasteiger partial charge in [0.2, 0.25) is 5.95 Å². The van der Waals surface area contributed by atoms with Crippen LogP contribution in [0.5, 0.6) is 5.75 Å². The summed E-state index contributed by atoms with van der Waals surface area (Å²) in [6.07, 6.45) is 1.58. The van der Waals surface area contributed by atoms with Crippen LogP contribution >= 0.6 is 0 Å². The van der Waals surface area contributed by atoms with Crippen LogP contribution in [0.2, 0.25) is 0 Å². The van der Waals surface area contributed by atoms with Crippen molar-refractivity contribution in [2.24, 2.45) is 0 Å². The quantitative estimate of drug-likeness (QED) is 0.336. The lowest BCUT2D eigenvalue weighted by molar-refractivity contribution is -0.274. The van der Waals surface area contributed by atoms with Crippen LogP contribution in [0.15, 0.2) is 49.2 Å². The molecule has 0 saturated heterocycles. The van der Waals surface area contributed by atoms with Gasteiger partial charge in [-0.3, -0.25) is 9.78 Å². The predicted octanol–water partition coefficient (Wildman–Crippen LogP) is 4.30. The molecule has 5 aromatic heterocycles. The number of ether oxygens (including phenoxy) is 1. The van der Waals surface area contributed by atoms with Crippen molar-refractivity contribution >= 4 is 23.1 Å². The SMILES string of the molecule is Cc1ncc(-c2ncc(OC(F)(F)F)cn2)cc1NC(=O)c1cnn2ccc(-c3c(C)nc(N)nc3C)cc12. The number of pyridine rings is 2. The average molecular weight is 535 g/mol. The second-order valence-corrected chi connectivity index (χ2v) is 8.53. The molecule has 5 heterocycles. The third-order valence-electron chi connectivity index (χ3n) is 5.80. The largest absolute Gasteiger partial charge is 0.573 e. The number of carbonyl (C=O) groups is 1. The van der Waals surface area contributed by atoms with Crippen molar-refractivity contribution in [2.45, 2.75) is 27.1 Å². The topological polar surface area (TPSA) is 146 Å². The molecule has 0 radical (unpaired) electrons. The minimum atomic E-state index is -4.85. The highest BCUT2D eigenvalue weighted by Gasteiger charge is 2.31. The first-order chi connectivity index (χ1) is 18.5. The van der Waals surface area contributed by atoms with Gasteiger partial charge in [-0.1, -0.05) is 0 Å². The Balaban J connectivity index is 1.43. The van der Waals surface area contributed by atoms with Gasteiger partial charge in [0.1, 0.15) is 0 Å². The van der Waals surface area contributed by atoms with Crippen molar-refractivity contribution in [3.63, 3.8) is 0 Å². The van der Waals surface area contributed by atoms with Crippen LogP contribution in [0.1, 0.15) is 27.4 Å². The molecule has 198 valence electrons. The molecule has 0 aliphatic heterocycles. The van der Waals surface area contributed by atoms with E-state index >= 15 is 0 Å². The molecule has 0 bridgehead atoms. The lowest BCUT2D eigenvalue weighted by Crippen LogP contribution is -2.17. The molecule has 0 saturated carbocycles. The van der Waals surface area contributed by atoms with Gasteiger partial charge in [0.05, 0.1) is 52.4 Å². The number of amides is 1. The Morgan fingerprint density at radius 1 is 0.949 bits per heavy atom. The Labute approximate surface area is 218 Å². The molecule has 14 heteroatoms. The first kappa shape index (κ1) is 25.5. The van der Waals surface area contributed by atoms with E-state index < -0.39 is 18.0 Å². The lowest BCUT2D eigenvalue weighted by atomic mass is 10.0. The van der Waals surface area contributed by atoms with Gasteiger partial charge in [-0.15, -0.1) is 13.2 Å². The Bertz CT molecular complexity index is 1690. The number of fused-ring (bicyclic) bond motifs is 1. The van der Waals surface area contributed by atoms with Gasteiger partial charge < -0.3 is 15.8 Å². The van der Waals surface area contributed by atoms with Crippen LogP contribution in [0.3, 0.4) is 0 Å². The fraction of sp³-hybridized carbons (Fsp3) is 0.160. The standard InChI is InChI=1S/C25H20F3N9O2/c1-12-19(6-16(8-30-12)22-31-9-17(10-32-22)39-25(26,27)28)36-23(38)18-11-33-37-5-4-15(7-20(18)37)21-13(2)34-24(29)35-14(21)3/h4-11H,1-3H3,(H,36,38)(H2,29,34,35). The molecule has 0 aromatic carbocycles. The van der Waals surface area contributed by atoms with Crippen molar-refractivity contribution in [3.05, 3.63) is 71.8 Å². The summed E-state index contributed by atoms with van der Waals surface area (Å²) in [6, 6.07) is 5.24. The summed E-state index contributed by atoms with van der Waals surface area (Å²) in [7, 11) is 0. The number of hydrogen-bond acceptors (Lipinski definition) is 9. The summed E-state index contributed by atoms with van der Waals surface area (Å²) in [4.78, 5) is 33.9. The van der Waals surface area contributed by atoms with Gasteiger partial charge in [0.25, 0.3) is 5.91 Å². The Morgan fingerprint density at radius 3 is 2.31 bits per heavy atom. The van der Waals surface area contributed by atoms with Crippen molar-refractivity contribution in [1.29, 1.82) is 0 Å². The Kier molecular flexibility index (Phi) is 6.30. The van der Waals surface area contributed by atoms with Crippen molar-refractivity contribution < 1.29 is 22.7 Å². The van der Waals surface area contributed by atoms with E-state index in [-0.39, 0.29) is 11.8 Å². The highest BCUT2D eigenvalue weighted by atomic mass is 19.4. The van der Waals surface area contributed by atoms with Crippen LogP contribution in [-0.4, -0.2) is 46.8 Å². The molecule has 5 rings (SSSR count). The number of nitrogens with one attached hydrogen (secondary N) is 1. The van der Waals surface area contributed by atoms with E-state index in [1.807, 2.05) is 26.0 Å². The van der Waals surface area contributed by atoms with E-state index in [0.29, 0.717) is 39.4 Å². The lowest BCUT2D eigenvalue weighted by Gasteiger charge is -2.11. The van der Waals surface area contributed by atoms with Crippen molar-refractivity contribution in [2.75, 3.05) is 11.1 Å². The summed E-state index contributed by atoms with van der Waals surface area (Å²) in [5.41, 5.74) is 10.9. The van der Waals surface area contributed by atoms with E-state index in [1.54, 1.807) is 23.7 Å². The zero-order valence-electron chi connectivity index (χ0n) is 20.8. The molecular weight excluding hydrogens is 515 g/mol. The number of alkyl halides is 3. The fourth-order valence-corrected chi connectivity index (χ4v) is 4.09. The van der Waals surface area contributed by atoms with Gasteiger partial charge in [-0.05, 0) is 44.5 Å². The number of halogens is 3. The van der Waals surface area contributed by atoms with Crippen molar-refractivity contribution in [1.82, 2.24) is 34.5 Å². The van der Waals surface area contributed by atoms with Gasteiger partial charge in [0, 0.05) is 23.5 Å². The number of nitrogen functional groups attached to an aromatic ring is 1. The normalized spacial score (nSPS) is 11.5. The van der Waals surface area contributed by atoms with E-state index in [1.165, 1.54) is 12.4 Å². The van der Waals surface area contributed by atoms with Crippen LogP contribution in [-0.2, 0) is 0 Å². The number of aryl methyl sites for hydroxylation is 3. The van der Waals surface area contributed by atoms with Gasteiger partial charge in [-0.2, -0.15) is 5.10 Å². The molecule has 1 amide bonds. The second-order valence-electron chi connectivity index (χ2n) is 8.53. The third kappa shape index (κ3) is 5.30. The van der Waals surface area contributed by atoms with E-state index in [0.717, 1.165) is 23.5 Å². The number of nitrogens with zero attached hydrogens (tertiary/aromatic N) is 7. The van der Waals surface area contributed by atoms with Gasteiger partial charge >= 0.3 is 6.36 Å². The van der Waals surface area contributed by atoms with E-state index in [4.69, 9.17) is 5.73 Å². The number of nitrogens with two attached hydrogens (primary N) is 1. The molecule has 0 atom stereocenters. The summed E-state index contributed by atoms with van der Waals surface area (Å²) < 4.78 is 42.6. The monoisotopic (exact) mass is 535 g/mol. The van der Waals surface area contributed by atoms with Crippen LogP contribution in [0.4, 0.5) is 24.8 Å². The molecule has 0 unspecified atom stereocenters. The average Bonchev–Trinajstić information content (AvgIpc) is 3.28. The van der Waals surface area contributed by atoms with E-state index in [2.05, 4.69) is 40.1 Å². The Hall–Kier alpha value is -5.14. The minimum absolute atomic E-state index is 0.101. The number of aromatic nitrogens is 7. The summed E-state index contributed by atoms with van der Waals surface area (Å²) >= 11 is 0. The molecule has 0 fully saturated rings. The summed E-state index contributed by atoms with van der Waals surface area (Å²) in [6.45, 7) is 5.36. The Morgan fingerprint density at radius 2 is 1.64 bits per heavy atom. The number of carbonyl (C=O) groups excluding carboxylic acids is 1. The molecule has 0 aliphatic carbocycles. The number of hydrogen-bond donors (Lipinski definition) is 2. The van der Waals surface area contributed by atoms with Crippen LogP contribution in [0, 0.1) is 20.8 Å². The number of rotatable bonds is 5. The molecule has 0 spiro atoms. The van der Waals surface area contributed by atoms with Crippen molar-refractivity contribution in [3.8, 4) is 28.3 Å². The molecule has 5 aromatic rings. The van der Waals surface area contributed by atoms with Crippen LogP contribution in [0.25, 0.3) is 28.0 Å². The predicted molar refractivity (Wildman–Crippen MR) is 135 cm³/mol. The first-order valence-electron chi connectivity index (χ1n) is 11.4. The maximum absolute atomic E-state index is 13.3. The smallest absolute Gasteiger partial charge is 0.402 e. The molecule has 0 aliphatic rings. The highest BCUT2D eigenvalue weighted by Crippen LogP contribution is 2.29.